The van der Waals surface area contributed by atoms with E-state index in [2.05, 4.69) is 31.8 Å². The van der Waals surface area contributed by atoms with E-state index in [9.17, 15) is 14.4 Å². The molecule has 2 amide bonds. The molecular formula is C18H11BrClN3O4. The van der Waals surface area contributed by atoms with Crippen molar-refractivity contribution in [3.63, 3.8) is 0 Å². The van der Waals surface area contributed by atoms with Gasteiger partial charge in [-0.2, -0.15) is 5.10 Å². The van der Waals surface area contributed by atoms with Gasteiger partial charge >= 0.3 is 11.8 Å². The number of rotatable bonds is 3. The van der Waals surface area contributed by atoms with Gasteiger partial charge in [-0.3, -0.25) is 14.4 Å². The predicted octanol–water partition coefficient (Wildman–Crippen LogP) is 3.30. The number of nitrogens with zero attached hydrogens (tertiary/aromatic N) is 1. The highest BCUT2D eigenvalue weighted by Gasteiger charge is 2.13. The largest absolute Gasteiger partial charge is 0.463 e. The number of halogens is 2. The fourth-order valence-corrected chi connectivity index (χ4v) is 2.58. The molecule has 9 heteroatoms. The topological polar surface area (TPSA) is 101 Å². The van der Waals surface area contributed by atoms with Crippen LogP contribution in [0, 0.1) is 0 Å². The number of benzene rings is 2. The van der Waals surface area contributed by atoms with Crippen LogP contribution < -0.4 is 16.2 Å². The summed E-state index contributed by atoms with van der Waals surface area (Å²) in [7, 11) is 0. The molecule has 7 nitrogen and oxygen atoms in total. The Morgan fingerprint density at radius 1 is 1.11 bits per heavy atom. The monoisotopic (exact) mass is 447 g/mol. The number of amides is 2. The van der Waals surface area contributed by atoms with Crippen molar-refractivity contribution in [3.8, 4) is 0 Å². The summed E-state index contributed by atoms with van der Waals surface area (Å²) < 4.78 is 6.16. The van der Waals surface area contributed by atoms with Gasteiger partial charge in [0.1, 0.15) is 11.8 Å². The van der Waals surface area contributed by atoms with Crippen LogP contribution >= 0.6 is 27.5 Å². The Labute approximate surface area is 166 Å². The standard InChI is InChI=1S/C18H11BrClN3O4/c19-11-1-4-13(5-2-11)22-17(25)18(26)23-21-8-10-9-27-15-6-3-12(20)7-14(15)16(10)24/h1-9H,(H,22,25)(H,23,26). The first-order valence-corrected chi connectivity index (χ1v) is 8.72. The average Bonchev–Trinajstić information content (AvgIpc) is 2.65. The van der Waals surface area contributed by atoms with E-state index in [1.54, 1.807) is 36.4 Å². The molecule has 3 aromatic rings. The molecule has 0 spiro atoms. The summed E-state index contributed by atoms with van der Waals surface area (Å²) in [5.74, 6) is -1.88. The molecule has 136 valence electrons. The van der Waals surface area contributed by atoms with Crippen LogP contribution in [0.25, 0.3) is 11.0 Å². The molecule has 0 aliphatic rings. The van der Waals surface area contributed by atoms with Crippen LogP contribution in [0.15, 0.2) is 67.5 Å². The van der Waals surface area contributed by atoms with E-state index in [1.165, 1.54) is 12.3 Å². The van der Waals surface area contributed by atoms with Crippen molar-refractivity contribution in [1.82, 2.24) is 5.43 Å². The fraction of sp³-hybridized carbons (Fsp3) is 0. The summed E-state index contributed by atoms with van der Waals surface area (Å²) in [6, 6.07) is 11.4. The molecule has 2 N–H and O–H groups in total. The van der Waals surface area contributed by atoms with E-state index >= 15 is 0 Å². The van der Waals surface area contributed by atoms with Gasteiger partial charge in [-0.05, 0) is 42.5 Å². The Hall–Kier alpha value is -2.97. The van der Waals surface area contributed by atoms with Crippen molar-refractivity contribution in [3.05, 3.63) is 74.0 Å². The lowest BCUT2D eigenvalue weighted by Crippen LogP contribution is -2.32. The second kappa shape index (κ2) is 8.15. The van der Waals surface area contributed by atoms with E-state index in [0.29, 0.717) is 16.3 Å². The first-order valence-electron chi connectivity index (χ1n) is 7.55. The van der Waals surface area contributed by atoms with Gasteiger partial charge in [0, 0.05) is 15.2 Å². The summed E-state index contributed by atoms with van der Waals surface area (Å²) in [4.78, 5) is 35.9. The van der Waals surface area contributed by atoms with Crippen LogP contribution in [0.5, 0.6) is 0 Å². The first kappa shape index (κ1) is 18.8. The number of carbonyl (C=O) groups excluding carboxylic acids is 2. The maximum Gasteiger partial charge on any atom is 0.329 e. The van der Waals surface area contributed by atoms with E-state index in [-0.39, 0.29) is 16.4 Å². The summed E-state index contributed by atoms with van der Waals surface area (Å²) in [5, 5.41) is 6.71. The van der Waals surface area contributed by atoms with Crippen molar-refractivity contribution in [2.75, 3.05) is 5.32 Å². The molecule has 0 aliphatic carbocycles. The van der Waals surface area contributed by atoms with Crippen LogP contribution in [-0.2, 0) is 9.59 Å². The summed E-state index contributed by atoms with van der Waals surface area (Å²) in [5.41, 5.74) is 2.61. The number of fused-ring (bicyclic) bond motifs is 1. The first-order chi connectivity index (χ1) is 12.9. The zero-order chi connectivity index (χ0) is 19.4. The van der Waals surface area contributed by atoms with E-state index in [1.807, 2.05) is 0 Å². The molecule has 0 unspecified atom stereocenters. The van der Waals surface area contributed by atoms with Gasteiger partial charge in [-0.1, -0.05) is 27.5 Å². The molecule has 0 bridgehead atoms. The zero-order valence-electron chi connectivity index (χ0n) is 13.5. The molecule has 0 fully saturated rings. The molecule has 0 atom stereocenters. The Kier molecular flexibility index (Phi) is 5.68. The molecule has 27 heavy (non-hydrogen) atoms. The number of hydrogen-bond donors (Lipinski definition) is 2. The van der Waals surface area contributed by atoms with Crippen LogP contribution in [0.1, 0.15) is 5.56 Å². The quantitative estimate of drug-likeness (QED) is 0.365. The highest BCUT2D eigenvalue weighted by Crippen LogP contribution is 2.16. The normalized spacial score (nSPS) is 10.9. The predicted molar refractivity (Wildman–Crippen MR) is 106 cm³/mol. The summed E-state index contributed by atoms with van der Waals surface area (Å²) >= 11 is 9.15. The molecule has 0 radical (unpaired) electrons. The minimum Gasteiger partial charge on any atom is -0.463 e. The fourth-order valence-electron chi connectivity index (χ4n) is 2.14. The lowest BCUT2D eigenvalue weighted by Gasteiger charge is -2.03. The summed E-state index contributed by atoms with van der Waals surface area (Å²) in [6.45, 7) is 0. The second-order valence-electron chi connectivity index (χ2n) is 5.32. The molecule has 0 aliphatic heterocycles. The number of hydrogen-bond acceptors (Lipinski definition) is 5. The molecule has 2 aromatic carbocycles. The van der Waals surface area contributed by atoms with E-state index < -0.39 is 11.8 Å². The van der Waals surface area contributed by atoms with E-state index in [4.69, 9.17) is 16.0 Å². The molecule has 0 saturated heterocycles. The van der Waals surface area contributed by atoms with E-state index in [0.717, 1.165) is 10.7 Å². The third kappa shape index (κ3) is 4.60. The number of nitrogens with one attached hydrogen (secondary N) is 2. The average molecular weight is 449 g/mol. The van der Waals surface area contributed by atoms with Gasteiger partial charge in [0.05, 0.1) is 17.2 Å². The SMILES string of the molecule is O=C(NN=Cc1coc2ccc(Cl)cc2c1=O)C(=O)Nc1ccc(Br)cc1. The smallest absolute Gasteiger partial charge is 0.329 e. The van der Waals surface area contributed by atoms with Crippen LogP contribution in [-0.4, -0.2) is 18.0 Å². The highest BCUT2D eigenvalue weighted by molar-refractivity contribution is 9.10. The van der Waals surface area contributed by atoms with Crippen molar-refractivity contribution in [1.29, 1.82) is 0 Å². The van der Waals surface area contributed by atoms with Crippen molar-refractivity contribution < 1.29 is 14.0 Å². The lowest BCUT2D eigenvalue weighted by atomic mass is 10.2. The highest BCUT2D eigenvalue weighted by atomic mass is 79.9. The molecule has 1 aromatic heterocycles. The van der Waals surface area contributed by atoms with Crippen LogP contribution in [0.3, 0.4) is 0 Å². The third-order valence-electron chi connectivity index (χ3n) is 3.44. The maximum atomic E-state index is 12.4. The van der Waals surface area contributed by atoms with Crippen LogP contribution in [0.4, 0.5) is 5.69 Å². The minimum atomic E-state index is -0.984. The Morgan fingerprint density at radius 3 is 2.59 bits per heavy atom. The number of anilines is 1. The van der Waals surface area contributed by atoms with Gasteiger partial charge in [0.2, 0.25) is 5.43 Å². The third-order valence-corrected chi connectivity index (χ3v) is 4.20. The minimum absolute atomic E-state index is 0.0957. The molecule has 3 rings (SSSR count). The van der Waals surface area contributed by atoms with Gasteiger partial charge < -0.3 is 9.73 Å². The van der Waals surface area contributed by atoms with Gasteiger partial charge in [-0.15, -0.1) is 0 Å². The number of carbonyl (C=O) groups is 2. The summed E-state index contributed by atoms with van der Waals surface area (Å²) in [6.07, 6.45) is 2.30. The van der Waals surface area contributed by atoms with Gasteiger partial charge in [0.15, 0.2) is 0 Å². The maximum absolute atomic E-state index is 12.4. The Morgan fingerprint density at radius 2 is 1.85 bits per heavy atom. The second-order valence-corrected chi connectivity index (χ2v) is 6.67. The van der Waals surface area contributed by atoms with Crippen molar-refractivity contribution in [2.45, 2.75) is 0 Å². The number of hydrazone groups is 1. The molecule has 0 saturated carbocycles. The van der Waals surface area contributed by atoms with Gasteiger partial charge in [-0.25, -0.2) is 5.43 Å². The van der Waals surface area contributed by atoms with Gasteiger partial charge in [0.25, 0.3) is 0 Å². The Balaban J connectivity index is 1.68. The van der Waals surface area contributed by atoms with Crippen LogP contribution in [0.2, 0.25) is 5.02 Å². The lowest BCUT2D eigenvalue weighted by molar-refractivity contribution is -0.136. The zero-order valence-corrected chi connectivity index (χ0v) is 15.9. The Bertz CT molecular complexity index is 1110. The van der Waals surface area contributed by atoms with Crippen molar-refractivity contribution in [2.24, 2.45) is 5.10 Å². The van der Waals surface area contributed by atoms with Crippen molar-refractivity contribution >= 4 is 62.2 Å². The molecular weight excluding hydrogens is 438 g/mol. The molecule has 1 heterocycles.